The molecule has 110 valence electrons. The van der Waals surface area contributed by atoms with Crippen LogP contribution in [0.4, 0.5) is 0 Å². The molecule has 1 aromatic carbocycles. The van der Waals surface area contributed by atoms with Crippen molar-refractivity contribution in [1.82, 2.24) is 4.58 Å². The fraction of sp³-hybridized carbons (Fsp3) is 0.417. The van der Waals surface area contributed by atoms with E-state index >= 15 is 0 Å². The van der Waals surface area contributed by atoms with Gasteiger partial charge in [-0.25, -0.2) is 4.79 Å². The molecule has 1 aliphatic rings. The molecule has 1 heterocycles. The van der Waals surface area contributed by atoms with E-state index in [1.54, 1.807) is 18.2 Å². The molecule has 2 unspecified atom stereocenters. The second kappa shape index (κ2) is 6.64. The quantitative estimate of drug-likeness (QED) is 0.478. The number of hydroxylamine groups is 1. The summed E-state index contributed by atoms with van der Waals surface area (Å²) in [6.07, 6.45) is 0.716. The third-order valence-electron chi connectivity index (χ3n) is 3.01. The van der Waals surface area contributed by atoms with E-state index in [0.717, 1.165) is 11.1 Å². The number of rotatable bonds is 4. The Bertz CT molecular complexity index is 539. The van der Waals surface area contributed by atoms with E-state index in [2.05, 4.69) is 4.74 Å². The molecular weight excluding hydrogens is 306 g/mol. The van der Waals surface area contributed by atoms with Crippen molar-refractivity contribution in [1.29, 1.82) is 0 Å². The lowest BCUT2D eigenvalue weighted by Crippen LogP contribution is -2.14. The van der Waals surface area contributed by atoms with Gasteiger partial charge < -0.3 is 9.29 Å². The Balaban J connectivity index is 2.20. The van der Waals surface area contributed by atoms with Crippen molar-refractivity contribution in [2.24, 2.45) is 0 Å². The number of carbonyl (C=O) groups is 1. The number of nitrogens with zero attached hydrogens (tertiary/aromatic N) is 1. The maximum absolute atomic E-state index is 11.7. The van der Waals surface area contributed by atoms with Crippen molar-refractivity contribution in [2.45, 2.75) is 19.4 Å². The van der Waals surface area contributed by atoms with E-state index in [4.69, 9.17) is 16.6 Å². The first-order valence-electron chi connectivity index (χ1n) is 5.90. The fourth-order valence-corrected chi connectivity index (χ4v) is 2.49. The normalized spacial score (nSPS) is 20.9. The molecule has 0 bridgehead atoms. The molecule has 1 fully saturated rings. The minimum absolute atomic E-state index is 0.141. The summed E-state index contributed by atoms with van der Waals surface area (Å²) >= 11 is 3.51. The Morgan fingerprint density at radius 1 is 1.65 bits per heavy atom. The number of ether oxygens (including phenoxy) is 1. The number of hydrogen-bond donors (Lipinski definition) is 0. The Morgan fingerprint density at radius 2 is 2.40 bits per heavy atom. The highest BCUT2D eigenvalue weighted by atomic mass is 35.5. The third kappa shape index (κ3) is 3.56. The van der Waals surface area contributed by atoms with E-state index in [9.17, 15) is 13.6 Å². The summed E-state index contributed by atoms with van der Waals surface area (Å²) in [5.41, 5.74) is 2.11. The van der Waals surface area contributed by atoms with Crippen molar-refractivity contribution >= 4 is 28.8 Å². The second-order valence-electron chi connectivity index (χ2n) is 4.33. The standard InChI is InChI=1S/C12H14ClNO5S/c1-8-2-3-9(12(15)18-7-20(16)17)6-10(8)11-4-5-19-14(11)13/h2-3,6,11H,4-5,7H2,1H3,(H,16,17)/p-1. The van der Waals surface area contributed by atoms with Crippen LogP contribution in [-0.2, 0) is 20.7 Å². The largest absolute Gasteiger partial charge is 0.770 e. The van der Waals surface area contributed by atoms with Crippen molar-refractivity contribution in [3.63, 3.8) is 0 Å². The van der Waals surface area contributed by atoms with Gasteiger partial charge in [-0.15, -0.1) is 0 Å². The molecule has 6 nitrogen and oxygen atoms in total. The third-order valence-corrected chi connectivity index (χ3v) is 3.65. The van der Waals surface area contributed by atoms with Crippen LogP contribution < -0.4 is 0 Å². The van der Waals surface area contributed by atoms with Crippen molar-refractivity contribution in [2.75, 3.05) is 12.5 Å². The zero-order valence-electron chi connectivity index (χ0n) is 10.7. The predicted octanol–water partition coefficient (Wildman–Crippen LogP) is 1.82. The van der Waals surface area contributed by atoms with E-state index in [1.165, 1.54) is 4.58 Å². The molecule has 0 N–H and O–H groups in total. The Hall–Kier alpha value is -0.990. The zero-order valence-corrected chi connectivity index (χ0v) is 12.3. The van der Waals surface area contributed by atoms with Crippen LogP contribution in [0.15, 0.2) is 18.2 Å². The molecule has 20 heavy (non-hydrogen) atoms. The first-order valence-corrected chi connectivity index (χ1v) is 7.48. The predicted molar refractivity (Wildman–Crippen MR) is 71.4 cm³/mol. The van der Waals surface area contributed by atoms with Gasteiger partial charge in [0.05, 0.1) is 18.2 Å². The van der Waals surface area contributed by atoms with Crippen LogP contribution in [0.2, 0.25) is 0 Å². The summed E-state index contributed by atoms with van der Waals surface area (Å²) in [4.78, 5) is 16.9. The van der Waals surface area contributed by atoms with Gasteiger partial charge in [-0.2, -0.15) is 0 Å². The SMILES string of the molecule is Cc1ccc(C(=O)OCS(=O)[O-])cc1C1CCON1Cl. The average molecular weight is 319 g/mol. The van der Waals surface area contributed by atoms with Gasteiger partial charge in [-0.05, 0) is 47.7 Å². The van der Waals surface area contributed by atoms with Gasteiger partial charge in [-0.3, -0.25) is 9.05 Å². The van der Waals surface area contributed by atoms with Crippen molar-refractivity contribution < 1.29 is 23.1 Å². The van der Waals surface area contributed by atoms with E-state index in [-0.39, 0.29) is 11.6 Å². The number of esters is 1. The van der Waals surface area contributed by atoms with Gasteiger partial charge in [-0.1, -0.05) is 10.6 Å². The first kappa shape index (κ1) is 15.4. The highest BCUT2D eigenvalue weighted by Crippen LogP contribution is 2.34. The van der Waals surface area contributed by atoms with Gasteiger partial charge in [0.1, 0.15) is 0 Å². The second-order valence-corrected chi connectivity index (χ2v) is 5.51. The summed E-state index contributed by atoms with van der Waals surface area (Å²) in [5, 5.41) is 0. The minimum atomic E-state index is -2.42. The molecule has 1 saturated heterocycles. The molecule has 2 atom stereocenters. The number of aryl methyl sites for hydroxylation is 1. The lowest BCUT2D eigenvalue weighted by atomic mass is 9.97. The van der Waals surface area contributed by atoms with Gasteiger partial charge in [0.15, 0.2) is 5.94 Å². The number of hydrogen-bond acceptors (Lipinski definition) is 6. The number of carbonyl (C=O) groups excluding carboxylic acids is 1. The number of benzene rings is 1. The monoisotopic (exact) mass is 318 g/mol. The van der Waals surface area contributed by atoms with Gasteiger partial charge >= 0.3 is 5.97 Å². The molecule has 0 saturated carbocycles. The molecule has 0 aliphatic carbocycles. The summed E-state index contributed by atoms with van der Waals surface area (Å²) in [5.74, 6) is -1.34. The molecule has 0 amide bonds. The smallest absolute Gasteiger partial charge is 0.339 e. The van der Waals surface area contributed by atoms with Gasteiger partial charge in [0.25, 0.3) is 0 Å². The lowest BCUT2D eigenvalue weighted by molar-refractivity contribution is -0.0488. The fourth-order valence-electron chi connectivity index (χ4n) is 2.02. The summed E-state index contributed by atoms with van der Waals surface area (Å²) < 4.78 is 26.7. The van der Waals surface area contributed by atoms with Crippen LogP contribution >= 0.6 is 11.8 Å². The van der Waals surface area contributed by atoms with Crippen molar-refractivity contribution in [3.05, 3.63) is 34.9 Å². The van der Waals surface area contributed by atoms with E-state index < -0.39 is 23.0 Å². The lowest BCUT2D eigenvalue weighted by Gasteiger charge is -2.18. The summed E-state index contributed by atoms with van der Waals surface area (Å²) in [7, 11) is 0. The van der Waals surface area contributed by atoms with Gasteiger partial charge in [0, 0.05) is 11.8 Å². The van der Waals surface area contributed by atoms with Crippen LogP contribution in [0.5, 0.6) is 0 Å². The van der Waals surface area contributed by atoms with Crippen LogP contribution in [0.25, 0.3) is 0 Å². The molecule has 8 heteroatoms. The maximum Gasteiger partial charge on any atom is 0.339 e. The molecule has 0 aromatic heterocycles. The molecule has 0 radical (unpaired) electrons. The molecular formula is C12H13ClNO5S-. The molecule has 2 rings (SSSR count). The summed E-state index contributed by atoms with van der Waals surface area (Å²) in [6, 6.07) is 4.87. The first-order chi connectivity index (χ1) is 9.49. The Labute approximate surface area is 124 Å². The van der Waals surface area contributed by atoms with E-state index in [1.807, 2.05) is 6.92 Å². The van der Waals surface area contributed by atoms with Crippen molar-refractivity contribution in [3.8, 4) is 0 Å². The zero-order chi connectivity index (χ0) is 14.7. The minimum Gasteiger partial charge on any atom is -0.770 e. The highest BCUT2D eigenvalue weighted by molar-refractivity contribution is 7.78. The van der Waals surface area contributed by atoms with Crippen LogP contribution in [-0.4, -0.2) is 31.9 Å². The molecule has 1 aromatic rings. The molecule has 1 aliphatic heterocycles. The highest BCUT2D eigenvalue weighted by Gasteiger charge is 2.28. The Morgan fingerprint density at radius 3 is 3.00 bits per heavy atom. The van der Waals surface area contributed by atoms with Crippen LogP contribution in [0.1, 0.15) is 33.9 Å². The molecule has 0 spiro atoms. The summed E-state index contributed by atoms with van der Waals surface area (Å²) in [6.45, 7) is 2.41. The van der Waals surface area contributed by atoms with Crippen LogP contribution in [0.3, 0.4) is 0 Å². The van der Waals surface area contributed by atoms with E-state index in [0.29, 0.717) is 13.0 Å². The Kier molecular flexibility index (Phi) is 5.11. The topological polar surface area (TPSA) is 78.9 Å². The average Bonchev–Trinajstić information content (AvgIpc) is 2.82. The van der Waals surface area contributed by atoms with Gasteiger partial charge in [0.2, 0.25) is 0 Å². The number of halogens is 1. The van der Waals surface area contributed by atoms with Crippen LogP contribution in [0, 0.1) is 6.92 Å². The maximum atomic E-state index is 11.7.